The van der Waals surface area contributed by atoms with Gasteiger partial charge in [-0.3, -0.25) is 9.59 Å². The smallest absolute Gasteiger partial charge is 0.341 e. The first-order valence-corrected chi connectivity index (χ1v) is 17.2. The van der Waals surface area contributed by atoms with Crippen molar-refractivity contribution in [3.63, 3.8) is 0 Å². The molecule has 0 spiro atoms. The average molecular weight is 601 g/mol. The molecule has 10 heteroatoms. The standard InChI is InChI=1S/C30H49ClO8Si/c1-19(2)22(16-15-20(3)13-12-14-23(27(32)35-7)28(33)36-8)26(39-40(10,11)30(4,5)6)25-24(29(34)37-9)17-21(18-31)38-25/h13,17,19,22-23,26H,12,14-16,18H2,1-11H3/b20-13+/t22-,26+/m0/s1. The largest absolute Gasteiger partial charge is 0.468 e. The Labute approximate surface area is 246 Å². The number of hydrogen-bond acceptors (Lipinski definition) is 8. The van der Waals surface area contributed by atoms with Crippen molar-refractivity contribution in [3.8, 4) is 0 Å². The van der Waals surface area contributed by atoms with Crippen molar-refractivity contribution in [1.29, 1.82) is 0 Å². The van der Waals surface area contributed by atoms with Gasteiger partial charge in [-0.05, 0) is 68.6 Å². The molecule has 0 amide bonds. The number of halogens is 1. The molecule has 1 aromatic rings. The molecule has 0 bridgehead atoms. The summed E-state index contributed by atoms with van der Waals surface area (Å²) in [4.78, 5) is 36.7. The Balaban J connectivity index is 3.33. The highest BCUT2D eigenvalue weighted by Gasteiger charge is 2.44. The van der Waals surface area contributed by atoms with Gasteiger partial charge in [-0.15, -0.1) is 11.6 Å². The topological polar surface area (TPSA) is 101 Å². The molecular weight excluding hydrogens is 552 g/mol. The first-order chi connectivity index (χ1) is 18.5. The highest BCUT2D eigenvalue weighted by atomic mass is 35.5. The van der Waals surface area contributed by atoms with Crippen molar-refractivity contribution >= 4 is 37.8 Å². The lowest BCUT2D eigenvalue weighted by Gasteiger charge is -2.42. The van der Waals surface area contributed by atoms with E-state index in [0.29, 0.717) is 29.9 Å². The van der Waals surface area contributed by atoms with Crippen molar-refractivity contribution < 1.29 is 37.4 Å². The second-order valence-electron chi connectivity index (χ2n) is 12.1. The summed E-state index contributed by atoms with van der Waals surface area (Å²) < 4.78 is 27.7. The Bertz CT molecular complexity index is 1010. The van der Waals surface area contributed by atoms with Gasteiger partial charge in [0, 0.05) is 0 Å². The van der Waals surface area contributed by atoms with Crippen molar-refractivity contribution in [2.24, 2.45) is 17.8 Å². The lowest BCUT2D eigenvalue weighted by atomic mass is 9.83. The molecule has 1 heterocycles. The quantitative estimate of drug-likeness (QED) is 0.0506. The number of hydrogen-bond donors (Lipinski definition) is 0. The Kier molecular flexibility index (Phi) is 14.2. The molecule has 0 unspecified atom stereocenters. The minimum absolute atomic E-state index is 0.0214. The lowest BCUT2D eigenvalue weighted by Crippen LogP contribution is -2.43. The second-order valence-corrected chi connectivity index (χ2v) is 17.1. The molecule has 0 fully saturated rings. The Morgan fingerprint density at radius 1 is 1.02 bits per heavy atom. The van der Waals surface area contributed by atoms with Crippen LogP contribution in [0.25, 0.3) is 0 Å². The Hall–Kier alpha value is -2.10. The van der Waals surface area contributed by atoms with Gasteiger partial charge in [-0.1, -0.05) is 46.3 Å². The molecule has 228 valence electrons. The molecule has 1 aromatic heterocycles. The molecule has 0 aliphatic rings. The average Bonchev–Trinajstić information content (AvgIpc) is 3.32. The van der Waals surface area contributed by atoms with Crippen molar-refractivity contribution in [3.05, 3.63) is 34.8 Å². The number of methoxy groups -OCH3 is 3. The fourth-order valence-electron chi connectivity index (χ4n) is 4.28. The van der Waals surface area contributed by atoms with Gasteiger partial charge in [0.2, 0.25) is 0 Å². The summed E-state index contributed by atoms with van der Waals surface area (Å²) in [5, 5.41) is -0.0637. The fraction of sp³-hybridized carbons (Fsp3) is 0.700. The molecular formula is C30H49ClO8Si. The molecule has 0 saturated carbocycles. The number of carbonyl (C=O) groups excluding carboxylic acids is 3. The van der Waals surface area contributed by atoms with Crippen LogP contribution in [0.5, 0.6) is 0 Å². The molecule has 0 aliphatic carbocycles. The van der Waals surface area contributed by atoms with Gasteiger partial charge in [0.05, 0.1) is 27.2 Å². The van der Waals surface area contributed by atoms with Crippen LogP contribution >= 0.6 is 11.6 Å². The molecule has 0 saturated heterocycles. The van der Waals surface area contributed by atoms with Gasteiger partial charge in [0.15, 0.2) is 14.2 Å². The summed E-state index contributed by atoms with van der Waals surface area (Å²) >= 11 is 6.10. The van der Waals surface area contributed by atoms with Crippen LogP contribution in [0.15, 0.2) is 22.1 Å². The van der Waals surface area contributed by atoms with Gasteiger partial charge < -0.3 is 23.1 Å². The highest BCUT2D eigenvalue weighted by Crippen LogP contribution is 2.45. The van der Waals surface area contributed by atoms with E-state index in [4.69, 9.17) is 34.7 Å². The summed E-state index contributed by atoms with van der Waals surface area (Å²) in [5.41, 5.74) is 1.47. The van der Waals surface area contributed by atoms with E-state index >= 15 is 0 Å². The van der Waals surface area contributed by atoms with Crippen LogP contribution in [0.1, 0.15) is 95.2 Å². The van der Waals surface area contributed by atoms with Gasteiger partial charge in [0.1, 0.15) is 23.2 Å². The van der Waals surface area contributed by atoms with E-state index in [0.717, 1.165) is 18.4 Å². The van der Waals surface area contributed by atoms with Gasteiger partial charge in [-0.25, -0.2) is 4.79 Å². The van der Waals surface area contributed by atoms with E-state index in [9.17, 15) is 14.4 Å². The summed E-state index contributed by atoms with van der Waals surface area (Å²) in [6.07, 6.45) is 3.94. The van der Waals surface area contributed by atoms with Crippen LogP contribution in [0.4, 0.5) is 0 Å². The number of furan rings is 1. The minimum Gasteiger partial charge on any atom is -0.468 e. The normalized spacial score (nSPS) is 14.3. The van der Waals surface area contributed by atoms with Gasteiger partial charge in [-0.2, -0.15) is 0 Å². The summed E-state index contributed by atoms with van der Waals surface area (Å²) in [6.45, 7) is 17.2. The van der Waals surface area contributed by atoms with Crippen LogP contribution in [0, 0.1) is 17.8 Å². The summed E-state index contributed by atoms with van der Waals surface area (Å²) in [6, 6.07) is 1.65. The predicted molar refractivity (Wildman–Crippen MR) is 159 cm³/mol. The number of carbonyl (C=O) groups is 3. The summed E-state index contributed by atoms with van der Waals surface area (Å²) in [5.74, 6) is -1.31. The number of rotatable bonds is 15. The van der Waals surface area contributed by atoms with Gasteiger partial charge in [0.25, 0.3) is 0 Å². The third-order valence-corrected chi connectivity index (χ3v) is 12.6. The number of alkyl halides is 1. The lowest BCUT2D eigenvalue weighted by molar-refractivity contribution is -0.159. The molecule has 2 atom stereocenters. The van der Waals surface area contributed by atoms with E-state index in [1.165, 1.54) is 21.3 Å². The maximum atomic E-state index is 12.8. The second kappa shape index (κ2) is 15.8. The Morgan fingerprint density at radius 3 is 2.05 bits per heavy atom. The number of esters is 3. The Morgan fingerprint density at radius 2 is 1.60 bits per heavy atom. The van der Waals surface area contributed by atoms with E-state index in [1.54, 1.807) is 6.07 Å². The molecule has 1 rings (SSSR count). The van der Waals surface area contributed by atoms with Crippen molar-refractivity contribution in [2.45, 2.75) is 97.3 Å². The molecule has 8 nitrogen and oxygen atoms in total. The van der Waals surface area contributed by atoms with E-state index in [2.05, 4.69) is 47.7 Å². The van der Waals surface area contributed by atoms with Crippen LogP contribution in [0.3, 0.4) is 0 Å². The zero-order chi connectivity index (χ0) is 30.8. The van der Waals surface area contributed by atoms with Crippen molar-refractivity contribution in [2.75, 3.05) is 21.3 Å². The zero-order valence-corrected chi connectivity index (χ0v) is 27.9. The monoisotopic (exact) mass is 600 g/mol. The van der Waals surface area contributed by atoms with Crippen LogP contribution in [-0.4, -0.2) is 47.6 Å². The number of allylic oxidation sites excluding steroid dienone is 2. The van der Waals surface area contributed by atoms with E-state index in [-0.39, 0.29) is 22.8 Å². The molecule has 0 aromatic carbocycles. The third kappa shape index (κ3) is 9.77. The maximum Gasteiger partial charge on any atom is 0.341 e. The number of ether oxygens (including phenoxy) is 3. The molecule has 0 radical (unpaired) electrons. The van der Waals surface area contributed by atoms with Crippen LogP contribution < -0.4 is 0 Å². The summed E-state index contributed by atoms with van der Waals surface area (Å²) in [7, 11) is 1.57. The SMILES string of the molecule is COC(=O)c1cc(CCl)oc1[C@H](O[Si](C)(C)C(C)(C)C)[C@@H](CC/C(C)=C/CCC(C(=O)OC)C(=O)OC)C(C)C. The first-order valence-electron chi connectivity index (χ1n) is 13.8. The molecule has 0 N–H and O–H groups in total. The predicted octanol–water partition coefficient (Wildman–Crippen LogP) is 7.61. The van der Waals surface area contributed by atoms with Gasteiger partial charge >= 0.3 is 17.9 Å². The van der Waals surface area contributed by atoms with Crippen molar-refractivity contribution in [1.82, 2.24) is 0 Å². The van der Waals surface area contributed by atoms with Crippen LogP contribution in [0.2, 0.25) is 18.1 Å². The minimum atomic E-state index is -2.29. The zero-order valence-electron chi connectivity index (χ0n) is 26.1. The molecule has 0 aliphatic heterocycles. The first kappa shape index (κ1) is 35.9. The fourth-order valence-corrected chi connectivity index (χ4v) is 5.68. The highest BCUT2D eigenvalue weighted by molar-refractivity contribution is 6.74. The maximum absolute atomic E-state index is 12.8. The van der Waals surface area contributed by atoms with E-state index < -0.39 is 38.2 Å². The molecule has 40 heavy (non-hydrogen) atoms. The third-order valence-electron chi connectivity index (χ3n) is 7.87. The van der Waals surface area contributed by atoms with Crippen LogP contribution in [-0.2, 0) is 34.1 Å². The van der Waals surface area contributed by atoms with E-state index in [1.807, 2.05) is 13.0 Å².